The molecule has 1 fully saturated rings. The van der Waals surface area contributed by atoms with E-state index in [4.69, 9.17) is 9.47 Å². The number of hydrogen-bond donors (Lipinski definition) is 1. The molecule has 0 saturated carbocycles. The van der Waals surface area contributed by atoms with Gasteiger partial charge in [0.2, 0.25) is 0 Å². The molecule has 0 bridgehead atoms. The number of hydrogen-bond acceptors (Lipinski definition) is 6. The van der Waals surface area contributed by atoms with E-state index in [2.05, 4.69) is 9.97 Å². The quantitative estimate of drug-likeness (QED) is 0.804. The van der Waals surface area contributed by atoms with Crippen LogP contribution < -0.4 is 9.47 Å². The first-order valence-corrected chi connectivity index (χ1v) is 8.72. The van der Waals surface area contributed by atoms with E-state index in [1.807, 2.05) is 6.92 Å². The zero-order valence-electron chi connectivity index (χ0n) is 14.7. The molecule has 1 aromatic carbocycles. The van der Waals surface area contributed by atoms with Gasteiger partial charge < -0.3 is 19.5 Å². The summed E-state index contributed by atoms with van der Waals surface area (Å²) in [4.78, 5) is 22.3. The minimum Gasteiger partial charge on any atom is -0.494 e. The summed E-state index contributed by atoms with van der Waals surface area (Å²) in [5.74, 6) is 1.19. The van der Waals surface area contributed by atoms with Gasteiger partial charge in [-0.15, -0.1) is 0 Å². The topological polar surface area (TPSA) is 84.8 Å². The number of rotatable bonds is 7. The standard InChI is InChI=1S/C19H23N3O4/c1-2-25-16-3-5-17(6-4-16)26-13-19(24)22-11-14(18(23)12-22)9-15-10-20-7-8-21-15/h3-8,10,14,18,23H,2,9,11-13H2,1H3/t14-,18-/m1/s1. The van der Waals surface area contributed by atoms with Crippen LogP contribution >= 0.6 is 0 Å². The molecular formula is C19H23N3O4. The predicted octanol–water partition coefficient (Wildman–Crippen LogP) is 1.32. The highest BCUT2D eigenvalue weighted by Gasteiger charge is 2.34. The van der Waals surface area contributed by atoms with Gasteiger partial charge in [-0.3, -0.25) is 14.8 Å². The zero-order valence-corrected chi connectivity index (χ0v) is 14.7. The van der Waals surface area contributed by atoms with Crippen molar-refractivity contribution >= 4 is 5.91 Å². The van der Waals surface area contributed by atoms with Crippen molar-refractivity contribution < 1.29 is 19.4 Å². The van der Waals surface area contributed by atoms with Crippen LogP contribution in [0.4, 0.5) is 0 Å². The number of likely N-dealkylation sites (tertiary alicyclic amines) is 1. The van der Waals surface area contributed by atoms with E-state index >= 15 is 0 Å². The fraction of sp³-hybridized carbons (Fsp3) is 0.421. The summed E-state index contributed by atoms with van der Waals surface area (Å²) in [5, 5.41) is 10.2. The molecular weight excluding hydrogens is 334 g/mol. The predicted molar refractivity (Wildman–Crippen MR) is 94.9 cm³/mol. The highest BCUT2D eigenvalue weighted by molar-refractivity contribution is 5.78. The van der Waals surface area contributed by atoms with Crippen LogP contribution in [0.2, 0.25) is 0 Å². The van der Waals surface area contributed by atoms with Crippen molar-refractivity contribution in [3.63, 3.8) is 0 Å². The van der Waals surface area contributed by atoms with E-state index in [1.165, 1.54) is 0 Å². The number of amides is 1. The third-order valence-corrected chi connectivity index (χ3v) is 4.34. The summed E-state index contributed by atoms with van der Waals surface area (Å²) in [6.45, 7) is 3.27. The first-order valence-electron chi connectivity index (χ1n) is 8.72. The van der Waals surface area contributed by atoms with Gasteiger partial charge in [-0.1, -0.05) is 0 Å². The van der Waals surface area contributed by atoms with Gasteiger partial charge in [-0.25, -0.2) is 0 Å². The van der Waals surface area contributed by atoms with Crippen molar-refractivity contribution in [2.75, 3.05) is 26.3 Å². The molecule has 0 unspecified atom stereocenters. The molecule has 26 heavy (non-hydrogen) atoms. The van der Waals surface area contributed by atoms with Crippen molar-refractivity contribution in [2.45, 2.75) is 19.4 Å². The third kappa shape index (κ3) is 4.70. The summed E-state index contributed by atoms with van der Waals surface area (Å²) >= 11 is 0. The van der Waals surface area contributed by atoms with Crippen LogP contribution in [0.15, 0.2) is 42.9 Å². The second-order valence-electron chi connectivity index (χ2n) is 6.22. The summed E-state index contributed by atoms with van der Waals surface area (Å²) in [5.41, 5.74) is 0.816. The van der Waals surface area contributed by atoms with Crippen molar-refractivity contribution in [1.29, 1.82) is 0 Å². The Morgan fingerprint density at radius 1 is 1.19 bits per heavy atom. The van der Waals surface area contributed by atoms with Crippen LogP contribution in [0.5, 0.6) is 11.5 Å². The van der Waals surface area contributed by atoms with Gasteiger partial charge in [-0.05, 0) is 37.6 Å². The smallest absolute Gasteiger partial charge is 0.260 e. The molecule has 1 N–H and O–H groups in total. The Morgan fingerprint density at radius 3 is 2.58 bits per heavy atom. The minimum absolute atomic E-state index is 0.0406. The van der Waals surface area contributed by atoms with Crippen LogP contribution in [-0.2, 0) is 11.2 Å². The Hall–Kier alpha value is -2.67. The number of benzene rings is 1. The summed E-state index contributed by atoms with van der Waals surface area (Å²) in [7, 11) is 0. The molecule has 1 aliphatic heterocycles. The molecule has 1 amide bonds. The van der Waals surface area contributed by atoms with Crippen molar-refractivity contribution in [1.82, 2.24) is 14.9 Å². The van der Waals surface area contributed by atoms with E-state index in [0.29, 0.717) is 31.9 Å². The number of aliphatic hydroxyl groups is 1. The maximum atomic E-state index is 12.4. The number of aromatic nitrogens is 2. The van der Waals surface area contributed by atoms with Gasteiger partial charge >= 0.3 is 0 Å². The first kappa shape index (κ1) is 18.1. The molecule has 2 atom stereocenters. The Bertz CT molecular complexity index is 708. The lowest BCUT2D eigenvalue weighted by atomic mass is 10.0. The zero-order chi connectivity index (χ0) is 18.4. The average Bonchev–Trinajstić information content (AvgIpc) is 3.03. The lowest BCUT2D eigenvalue weighted by molar-refractivity contribution is -0.132. The minimum atomic E-state index is -0.563. The Labute approximate surface area is 152 Å². The Morgan fingerprint density at radius 2 is 1.92 bits per heavy atom. The van der Waals surface area contributed by atoms with Crippen molar-refractivity contribution in [2.24, 2.45) is 5.92 Å². The summed E-state index contributed by atoms with van der Waals surface area (Å²) in [6, 6.07) is 7.15. The molecule has 3 rings (SSSR count). The maximum absolute atomic E-state index is 12.4. The Kier molecular flexibility index (Phi) is 6.01. The molecule has 138 valence electrons. The fourth-order valence-corrected chi connectivity index (χ4v) is 3.00. The lowest BCUT2D eigenvalue weighted by Gasteiger charge is -2.16. The first-order chi connectivity index (χ1) is 12.7. The van der Waals surface area contributed by atoms with E-state index in [9.17, 15) is 9.90 Å². The van der Waals surface area contributed by atoms with Gasteiger partial charge in [0, 0.05) is 37.6 Å². The van der Waals surface area contributed by atoms with Gasteiger partial charge in [0.15, 0.2) is 6.61 Å². The molecule has 2 aromatic rings. The number of aliphatic hydroxyl groups excluding tert-OH is 1. The molecule has 1 aromatic heterocycles. The molecule has 7 heteroatoms. The molecule has 7 nitrogen and oxygen atoms in total. The molecule has 1 aliphatic rings. The molecule has 0 spiro atoms. The summed E-state index contributed by atoms with van der Waals surface area (Å²) in [6.07, 6.45) is 4.96. The van der Waals surface area contributed by atoms with Gasteiger partial charge in [-0.2, -0.15) is 0 Å². The van der Waals surface area contributed by atoms with Gasteiger partial charge in [0.25, 0.3) is 5.91 Å². The number of carbonyl (C=O) groups excluding carboxylic acids is 1. The molecule has 2 heterocycles. The monoisotopic (exact) mass is 357 g/mol. The Balaban J connectivity index is 1.49. The van der Waals surface area contributed by atoms with Gasteiger partial charge in [0.1, 0.15) is 11.5 Å². The highest BCUT2D eigenvalue weighted by Crippen LogP contribution is 2.21. The molecule has 0 aliphatic carbocycles. The maximum Gasteiger partial charge on any atom is 0.260 e. The second-order valence-corrected chi connectivity index (χ2v) is 6.22. The third-order valence-electron chi connectivity index (χ3n) is 4.34. The fourth-order valence-electron chi connectivity index (χ4n) is 3.00. The van der Waals surface area contributed by atoms with Gasteiger partial charge in [0.05, 0.1) is 18.4 Å². The summed E-state index contributed by atoms with van der Waals surface area (Å²) < 4.78 is 10.9. The van der Waals surface area contributed by atoms with E-state index in [0.717, 1.165) is 11.4 Å². The van der Waals surface area contributed by atoms with Crippen molar-refractivity contribution in [3.8, 4) is 11.5 Å². The van der Waals surface area contributed by atoms with E-state index in [-0.39, 0.29) is 18.4 Å². The molecule has 0 radical (unpaired) electrons. The van der Waals surface area contributed by atoms with Crippen molar-refractivity contribution in [3.05, 3.63) is 48.5 Å². The highest BCUT2D eigenvalue weighted by atomic mass is 16.5. The number of β-amino-alcohol motifs (C(OH)–C–C–N with tert-alkyl or cyclic N) is 1. The number of carbonyl (C=O) groups is 1. The SMILES string of the molecule is CCOc1ccc(OCC(=O)N2C[C@@H](Cc3cnccn3)[C@H](O)C2)cc1. The van der Waals surface area contributed by atoms with Crippen LogP contribution in [0.3, 0.4) is 0 Å². The second kappa shape index (κ2) is 8.62. The molecule has 1 saturated heterocycles. The van der Waals surface area contributed by atoms with E-state index < -0.39 is 6.10 Å². The van der Waals surface area contributed by atoms with Crippen LogP contribution in [0.25, 0.3) is 0 Å². The average molecular weight is 357 g/mol. The van der Waals surface area contributed by atoms with E-state index in [1.54, 1.807) is 47.8 Å². The normalized spacial score (nSPS) is 19.4. The lowest BCUT2D eigenvalue weighted by Crippen LogP contribution is -2.33. The van der Waals surface area contributed by atoms with Crippen LogP contribution in [0.1, 0.15) is 12.6 Å². The number of nitrogens with zero attached hydrogens (tertiary/aromatic N) is 3. The number of ether oxygens (including phenoxy) is 2. The van der Waals surface area contributed by atoms with Crippen LogP contribution in [-0.4, -0.2) is 58.3 Å². The van der Waals surface area contributed by atoms with Crippen LogP contribution in [0, 0.1) is 5.92 Å². The largest absolute Gasteiger partial charge is 0.494 e.